The number of rotatable bonds is 8. The number of sulfone groups is 1. The Labute approximate surface area is 143 Å². The second kappa shape index (κ2) is 7.79. The van der Waals surface area contributed by atoms with Crippen molar-refractivity contribution in [1.82, 2.24) is 5.32 Å². The highest BCUT2D eigenvalue weighted by Crippen LogP contribution is 2.17. The predicted molar refractivity (Wildman–Crippen MR) is 91.6 cm³/mol. The fraction of sp³-hybridized carbons (Fsp3) is 0.529. The van der Waals surface area contributed by atoms with Gasteiger partial charge in [-0.05, 0) is 44.9 Å². The van der Waals surface area contributed by atoms with Crippen molar-refractivity contribution < 1.29 is 23.1 Å². The van der Waals surface area contributed by atoms with E-state index in [-0.39, 0.29) is 11.3 Å². The first-order valence-electron chi connectivity index (χ1n) is 7.90. The molecule has 0 aliphatic carbocycles. The van der Waals surface area contributed by atoms with Gasteiger partial charge < -0.3 is 10.4 Å². The van der Waals surface area contributed by atoms with E-state index >= 15 is 0 Å². The quantitative estimate of drug-likeness (QED) is 0.744. The average Bonchev–Trinajstić information content (AvgIpc) is 2.47. The van der Waals surface area contributed by atoms with Crippen molar-refractivity contribution in [1.29, 1.82) is 0 Å². The zero-order chi connectivity index (χ0) is 18.5. The van der Waals surface area contributed by atoms with E-state index < -0.39 is 32.5 Å². The van der Waals surface area contributed by atoms with Crippen LogP contribution in [0.5, 0.6) is 0 Å². The van der Waals surface area contributed by atoms with Crippen molar-refractivity contribution in [2.45, 2.75) is 62.6 Å². The summed E-state index contributed by atoms with van der Waals surface area (Å²) in [6, 6.07) is 6.10. The third-order valence-electron chi connectivity index (χ3n) is 3.87. The molecule has 0 fully saturated rings. The topological polar surface area (TPSA) is 101 Å². The molecular formula is C17H25NO5S. The molecule has 0 saturated heterocycles. The number of hydrogen-bond acceptors (Lipinski definition) is 4. The Hall–Kier alpha value is -1.89. The van der Waals surface area contributed by atoms with Gasteiger partial charge in [0.1, 0.15) is 5.54 Å². The summed E-state index contributed by atoms with van der Waals surface area (Å²) in [5, 5.41) is 11.3. The van der Waals surface area contributed by atoms with Crippen LogP contribution in [-0.2, 0) is 25.8 Å². The van der Waals surface area contributed by atoms with Crippen LogP contribution in [0.15, 0.2) is 29.2 Å². The zero-order valence-corrected chi connectivity index (χ0v) is 15.3. The number of carbonyl (C=O) groups is 2. The normalized spacial score (nSPS) is 14.2. The zero-order valence-electron chi connectivity index (χ0n) is 14.5. The van der Waals surface area contributed by atoms with Gasteiger partial charge in [0.15, 0.2) is 9.84 Å². The van der Waals surface area contributed by atoms with Crippen LogP contribution >= 0.6 is 0 Å². The Balaban J connectivity index is 2.84. The third kappa shape index (κ3) is 4.80. The summed E-state index contributed by atoms with van der Waals surface area (Å²) in [7, 11) is -3.35. The smallest absolute Gasteiger partial charge is 0.329 e. The summed E-state index contributed by atoms with van der Waals surface area (Å²) in [5.74, 6) is -1.48. The highest BCUT2D eigenvalue weighted by atomic mass is 32.2. The Kier molecular flexibility index (Phi) is 6.54. The molecule has 0 bridgehead atoms. The van der Waals surface area contributed by atoms with E-state index in [0.717, 1.165) is 0 Å². The Bertz CT molecular complexity index is 694. The maximum Gasteiger partial charge on any atom is 0.329 e. The van der Waals surface area contributed by atoms with Gasteiger partial charge in [0.2, 0.25) is 5.91 Å². The van der Waals surface area contributed by atoms with E-state index in [2.05, 4.69) is 5.32 Å². The van der Waals surface area contributed by atoms with Crippen LogP contribution in [0.1, 0.15) is 46.1 Å². The van der Waals surface area contributed by atoms with Gasteiger partial charge in [-0.15, -0.1) is 0 Å². The number of hydrogen-bond donors (Lipinski definition) is 2. The van der Waals surface area contributed by atoms with Crippen molar-refractivity contribution in [2.24, 2.45) is 0 Å². The summed E-state index contributed by atoms with van der Waals surface area (Å²) in [6.07, 6.45) is 0.957. The summed E-state index contributed by atoms with van der Waals surface area (Å²) >= 11 is 0. The minimum absolute atomic E-state index is 0.00537. The van der Waals surface area contributed by atoms with Crippen LogP contribution in [0, 0.1) is 0 Å². The predicted octanol–water partition coefficient (Wildman–Crippen LogP) is 2.17. The summed E-state index contributed by atoms with van der Waals surface area (Å²) < 4.78 is 24.1. The highest BCUT2D eigenvalue weighted by Gasteiger charge is 2.33. The monoisotopic (exact) mass is 355 g/mol. The molecule has 0 aromatic heterocycles. The Morgan fingerprint density at radius 2 is 1.75 bits per heavy atom. The van der Waals surface area contributed by atoms with E-state index in [1.165, 1.54) is 19.1 Å². The van der Waals surface area contributed by atoms with Crippen LogP contribution in [0.4, 0.5) is 0 Å². The Morgan fingerprint density at radius 1 is 1.21 bits per heavy atom. The minimum atomic E-state index is -3.35. The van der Waals surface area contributed by atoms with Crippen molar-refractivity contribution >= 4 is 21.7 Å². The van der Waals surface area contributed by atoms with E-state index in [0.29, 0.717) is 18.4 Å². The number of amides is 1. The summed E-state index contributed by atoms with van der Waals surface area (Å²) in [4.78, 5) is 23.7. The molecule has 0 aliphatic heterocycles. The van der Waals surface area contributed by atoms with Gasteiger partial charge in [-0.2, -0.15) is 0 Å². The average molecular weight is 355 g/mol. The largest absolute Gasteiger partial charge is 0.480 e. The van der Waals surface area contributed by atoms with E-state index in [9.17, 15) is 23.1 Å². The molecule has 1 rings (SSSR count). The molecule has 1 unspecified atom stereocenters. The van der Waals surface area contributed by atoms with Crippen molar-refractivity contribution in [3.05, 3.63) is 29.8 Å². The van der Waals surface area contributed by atoms with E-state index in [4.69, 9.17) is 0 Å². The number of carboxylic acid groups (broad SMARTS) is 1. The molecule has 0 heterocycles. The van der Waals surface area contributed by atoms with E-state index in [1.54, 1.807) is 26.0 Å². The molecule has 6 nitrogen and oxygen atoms in total. The van der Waals surface area contributed by atoms with Gasteiger partial charge in [-0.25, -0.2) is 13.2 Å². The van der Waals surface area contributed by atoms with Crippen molar-refractivity contribution in [2.75, 3.05) is 0 Å². The molecule has 0 aliphatic rings. The van der Waals surface area contributed by atoms with Crippen LogP contribution in [0.25, 0.3) is 0 Å². The lowest BCUT2D eigenvalue weighted by molar-refractivity contribution is -0.147. The SMILES string of the molecule is CCCC(C)(NC(=O)Cc1ccc(S(=O)(=O)C(C)C)cc1)C(=O)O. The standard InChI is InChI=1S/C17H25NO5S/c1-5-10-17(4,16(20)21)18-15(19)11-13-6-8-14(9-7-13)24(22,23)12(2)3/h6-9,12H,5,10-11H2,1-4H3,(H,18,19)(H,20,21). The summed E-state index contributed by atoms with van der Waals surface area (Å²) in [6.45, 7) is 6.55. The van der Waals surface area contributed by atoms with Crippen LogP contribution < -0.4 is 5.32 Å². The minimum Gasteiger partial charge on any atom is -0.480 e. The number of carbonyl (C=O) groups excluding carboxylic acids is 1. The number of nitrogens with one attached hydrogen (secondary N) is 1. The lowest BCUT2D eigenvalue weighted by Crippen LogP contribution is -2.52. The Morgan fingerprint density at radius 3 is 2.17 bits per heavy atom. The van der Waals surface area contributed by atoms with Gasteiger partial charge in [0.25, 0.3) is 0 Å². The van der Waals surface area contributed by atoms with Crippen molar-refractivity contribution in [3.8, 4) is 0 Å². The molecule has 0 spiro atoms. The van der Waals surface area contributed by atoms with Gasteiger partial charge in [0.05, 0.1) is 16.6 Å². The maximum atomic E-state index is 12.1. The summed E-state index contributed by atoms with van der Waals surface area (Å²) in [5.41, 5.74) is -0.674. The van der Waals surface area contributed by atoms with Crippen LogP contribution in [0.3, 0.4) is 0 Å². The van der Waals surface area contributed by atoms with Crippen LogP contribution in [0.2, 0.25) is 0 Å². The number of aliphatic carboxylic acids is 1. The molecule has 2 N–H and O–H groups in total. The molecule has 134 valence electrons. The molecule has 1 amide bonds. The molecule has 1 aromatic carbocycles. The van der Waals surface area contributed by atoms with Gasteiger partial charge in [-0.3, -0.25) is 4.79 Å². The van der Waals surface area contributed by atoms with E-state index in [1.807, 2.05) is 6.92 Å². The van der Waals surface area contributed by atoms with Gasteiger partial charge >= 0.3 is 5.97 Å². The van der Waals surface area contributed by atoms with Crippen molar-refractivity contribution in [3.63, 3.8) is 0 Å². The lowest BCUT2D eigenvalue weighted by atomic mass is 9.96. The molecule has 24 heavy (non-hydrogen) atoms. The molecule has 1 atom stereocenters. The van der Waals surface area contributed by atoms with Gasteiger partial charge in [0, 0.05) is 0 Å². The van der Waals surface area contributed by atoms with Gasteiger partial charge in [-0.1, -0.05) is 25.5 Å². The molecule has 1 aromatic rings. The lowest BCUT2D eigenvalue weighted by Gasteiger charge is -2.25. The second-order valence-electron chi connectivity index (χ2n) is 6.35. The number of benzene rings is 1. The molecular weight excluding hydrogens is 330 g/mol. The first-order valence-corrected chi connectivity index (χ1v) is 9.45. The fourth-order valence-corrected chi connectivity index (χ4v) is 3.39. The molecule has 0 radical (unpaired) electrons. The third-order valence-corrected chi connectivity index (χ3v) is 6.04. The highest BCUT2D eigenvalue weighted by molar-refractivity contribution is 7.92. The second-order valence-corrected chi connectivity index (χ2v) is 8.85. The van der Waals surface area contributed by atoms with Crippen LogP contribution in [-0.4, -0.2) is 36.2 Å². The maximum absolute atomic E-state index is 12.1. The number of carboxylic acids is 1. The molecule has 7 heteroatoms. The first kappa shape index (κ1) is 20.2. The fourth-order valence-electron chi connectivity index (χ4n) is 2.33. The first-order chi connectivity index (χ1) is 11.0. The molecule has 0 saturated carbocycles.